The van der Waals surface area contributed by atoms with Crippen LogP contribution in [0.3, 0.4) is 0 Å². The Hall–Kier alpha value is -2.95. The number of hydrogen-bond acceptors (Lipinski definition) is 6. The van der Waals surface area contributed by atoms with Crippen LogP contribution in [0.4, 0.5) is 8.78 Å². The molecule has 11 heteroatoms. The number of carbonyl (C=O) groups excluding carboxylic acids is 2. The number of ether oxygens (including phenoxy) is 1. The molecule has 2 aromatic heterocycles. The van der Waals surface area contributed by atoms with Crippen LogP contribution in [0.15, 0.2) is 24.5 Å². The predicted octanol–water partition coefficient (Wildman–Crippen LogP) is 0.441. The van der Waals surface area contributed by atoms with Gasteiger partial charge in [-0.25, -0.2) is 18.4 Å². The van der Waals surface area contributed by atoms with Crippen LogP contribution in [0.1, 0.15) is 27.4 Å². The molecule has 0 spiro atoms. The maximum absolute atomic E-state index is 14.0. The molecular weight excluding hydrogens is 374 g/mol. The average Bonchev–Trinajstić information content (AvgIpc) is 3.29. The molecule has 0 radical (unpaired) electrons. The largest absolute Gasteiger partial charge is 0.383 e. The van der Waals surface area contributed by atoms with Gasteiger partial charge in [-0.2, -0.15) is 0 Å². The smallest absolute Gasteiger partial charge is 0.273 e. The first kappa shape index (κ1) is 19.8. The standard InChI is InChI=1S/C17H20F2N6O3/c1-28-5-4-20-16(26)15-10-24(23-22-15)9-13-6-12(19)8-25(13)17(27)14-3-2-11(18)7-21-14/h2-3,7,10,12-13H,4-6,8-9H2,1H3,(H,20,26). The highest BCUT2D eigenvalue weighted by atomic mass is 19.1. The van der Waals surface area contributed by atoms with E-state index in [1.54, 1.807) is 0 Å². The second-order valence-corrected chi connectivity index (χ2v) is 6.38. The van der Waals surface area contributed by atoms with E-state index >= 15 is 0 Å². The van der Waals surface area contributed by atoms with Crippen LogP contribution in [-0.2, 0) is 11.3 Å². The third-order valence-corrected chi connectivity index (χ3v) is 4.33. The number of amides is 2. The SMILES string of the molecule is COCCNC(=O)c1cn(CC2CC(F)CN2C(=O)c2ccc(F)cn2)nn1. The Morgan fingerprint density at radius 2 is 2.18 bits per heavy atom. The highest BCUT2D eigenvalue weighted by Crippen LogP contribution is 2.23. The number of nitrogens with zero attached hydrogens (tertiary/aromatic N) is 5. The maximum atomic E-state index is 14.0. The summed E-state index contributed by atoms with van der Waals surface area (Å²) in [5.41, 5.74) is 0.154. The number of alkyl halides is 1. The number of halogens is 2. The van der Waals surface area contributed by atoms with E-state index in [1.807, 2.05) is 0 Å². The summed E-state index contributed by atoms with van der Waals surface area (Å²) in [6.07, 6.45) is 1.32. The molecule has 0 aliphatic carbocycles. The Morgan fingerprint density at radius 3 is 2.89 bits per heavy atom. The van der Waals surface area contributed by atoms with Crippen molar-refractivity contribution in [2.24, 2.45) is 0 Å². The number of pyridine rings is 1. The minimum absolute atomic E-state index is 0.0392. The molecule has 0 saturated carbocycles. The van der Waals surface area contributed by atoms with Crippen molar-refractivity contribution in [3.8, 4) is 0 Å². The van der Waals surface area contributed by atoms with Crippen LogP contribution < -0.4 is 5.32 Å². The van der Waals surface area contributed by atoms with Crippen molar-refractivity contribution in [3.63, 3.8) is 0 Å². The summed E-state index contributed by atoms with van der Waals surface area (Å²) in [7, 11) is 1.52. The Bertz CT molecular complexity index is 829. The van der Waals surface area contributed by atoms with E-state index in [-0.39, 0.29) is 30.9 Å². The molecule has 0 aromatic carbocycles. The molecule has 2 unspecified atom stereocenters. The number of rotatable bonds is 7. The topological polar surface area (TPSA) is 102 Å². The zero-order chi connectivity index (χ0) is 20.1. The van der Waals surface area contributed by atoms with Gasteiger partial charge in [0.15, 0.2) is 5.69 Å². The quantitative estimate of drug-likeness (QED) is 0.684. The monoisotopic (exact) mass is 394 g/mol. The summed E-state index contributed by atoms with van der Waals surface area (Å²) in [5.74, 6) is -1.44. The van der Waals surface area contributed by atoms with Crippen molar-refractivity contribution < 1.29 is 23.1 Å². The maximum Gasteiger partial charge on any atom is 0.273 e. The molecule has 0 bridgehead atoms. The van der Waals surface area contributed by atoms with E-state index in [0.29, 0.717) is 13.2 Å². The molecule has 28 heavy (non-hydrogen) atoms. The van der Waals surface area contributed by atoms with Gasteiger partial charge >= 0.3 is 0 Å². The van der Waals surface area contributed by atoms with Crippen molar-refractivity contribution in [3.05, 3.63) is 41.7 Å². The molecule has 1 aliphatic heterocycles. The van der Waals surface area contributed by atoms with Crippen LogP contribution in [0, 0.1) is 5.82 Å². The number of nitrogens with one attached hydrogen (secondary N) is 1. The fraction of sp³-hybridized carbons (Fsp3) is 0.471. The number of aromatic nitrogens is 4. The lowest BCUT2D eigenvalue weighted by Gasteiger charge is -2.23. The van der Waals surface area contributed by atoms with Crippen molar-refractivity contribution >= 4 is 11.8 Å². The van der Waals surface area contributed by atoms with E-state index in [2.05, 4.69) is 20.6 Å². The van der Waals surface area contributed by atoms with Gasteiger partial charge < -0.3 is 15.0 Å². The van der Waals surface area contributed by atoms with E-state index in [9.17, 15) is 18.4 Å². The minimum Gasteiger partial charge on any atom is -0.383 e. The van der Waals surface area contributed by atoms with Gasteiger partial charge in [-0.1, -0.05) is 5.21 Å². The van der Waals surface area contributed by atoms with Gasteiger partial charge in [-0.3, -0.25) is 9.59 Å². The molecule has 150 valence electrons. The Kier molecular flexibility index (Phi) is 6.24. The van der Waals surface area contributed by atoms with Gasteiger partial charge in [-0.05, 0) is 12.1 Å². The second-order valence-electron chi connectivity index (χ2n) is 6.38. The summed E-state index contributed by atoms with van der Waals surface area (Å²) < 4.78 is 33.2. The van der Waals surface area contributed by atoms with E-state index in [0.717, 1.165) is 12.3 Å². The molecular formula is C17H20F2N6O3. The summed E-state index contributed by atoms with van der Waals surface area (Å²) in [6, 6.07) is 1.91. The average molecular weight is 394 g/mol. The minimum atomic E-state index is -1.19. The summed E-state index contributed by atoms with van der Waals surface area (Å²) >= 11 is 0. The van der Waals surface area contributed by atoms with Crippen LogP contribution in [0.25, 0.3) is 0 Å². The van der Waals surface area contributed by atoms with E-state index in [4.69, 9.17) is 4.74 Å². The van der Waals surface area contributed by atoms with Crippen LogP contribution >= 0.6 is 0 Å². The summed E-state index contributed by atoms with van der Waals surface area (Å²) in [4.78, 5) is 29.7. The molecule has 9 nitrogen and oxygen atoms in total. The van der Waals surface area contributed by atoms with Gasteiger partial charge in [0.25, 0.3) is 11.8 Å². The first-order chi connectivity index (χ1) is 13.5. The predicted molar refractivity (Wildman–Crippen MR) is 92.8 cm³/mol. The molecule has 2 atom stereocenters. The first-order valence-electron chi connectivity index (χ1n) is 8.71. The highest BCUT2D eigenvalue weighted by Gasteiger charge is 2.36. The number of methoxy groups -OCH3 is 1. The van der Waals surface area contributed by atoms with Crippen molar-refractivity contribution in [1.82, 2.24) is 30.2 Å². The Morgan fingerprint density at radius 1 is 1.36 bits per heavy atom. The zero-order valence-electron chi connectivity index (χ0n) is 15.2. The van der Waals surface area contributed by atoms with Gasteiger partial charge in [0, 0.05) is 20.1 Å². The van der Waals surface area contributed by atoms with Gasteiger partial charge in [0.2, 0.25) is 0 Å². The lowest BCUT2D eigenvalue weighted by atomic mass is 10.2. The molecule has 1 N–H and O–H groups in total. The molecule has 2 amide bonds. The highest BCUT2D eigenvalue weighted by molar-refractivity contribution is 5.93. The van der Waals surface area contributed by atoms with Gasteiger partial charge in [0.1, 0.15) is 17.7 Å². The van der Waals surface area contributed by atoms with Crippen LogP contribution in [0.5, 0.6) is 0 Å². The molecule has 3 rings (SSSR count). The second kappa shape index (κ2) is 8.83. The Balaban J connectivity index is 1.66. The number of hydrogen-bond donors (Lipinski definition) is 1. The van der Waals surface area contributed by atoms with Crippen LogP contribution in [0.2, 0.25) is 0 Å². The first-order valence-corrected chi connectivity index (χ1v) is 8.71. The lowest BCUT2D eigenvalue weighted by Crippen LogP contribution is -2.38. The van der Waals surface area contributed by atoms with Crippen molar-refractivity contribution in [2.75, 3.05) is 26.8 Å². The summed E-state index contributed by atoms with van der Waals surface area (Å²) in [5, 5.41) is 10.3. The molecule has 2 aromatic rings. The van der Waals surface area contributed by atoms with E-state index in [1.165, 1.54) is 29.0 Å². The lowest BCUT2D eigenvalue weighted by molar-refractivity contribution is 0.0708. The normalized spacial score (nSPS) is 19.0. The summed E-state index contributed by atoms with van der Waals surface area (Å²) in [6.45, 7) is 0.795. The molecule has 1 saturated heterocycles. The van der Waals surface area contributed by atoms with Gasteiger partial charge in [-0.15, -0.1) is 5.10 Å². The van der Waals surface area contributed by atoms with Crippen molar-refractivity contribution in [1.29, 1.82) is 0 Å². The van der Waals surface area contributed by atoms with Crippen molar-refractivity contribution in [2.45, 2.75) is 25.2 Å². The number of carbonyl (C=O) groups is 2. The number of likely N-dealkylation sites (tertiary alicyclic amines) is 1. The molecule has 1 fully saturated rings. The zero-order valence-corrected chi connectivity index (χ0v) is 15.2. The fourth-order valence-corrected chi connectivity index (χ4v) is 3.00. The Labute approximate surface area is 159 Å². The third kappa shape index (κ3) is 4.66. The molecule has 1 aliphatic rings. The van der Waals surface area contributed by atoms with Crippen LogP contribution in [-0.4, -0.2) is 75.7 Å². The molecule has 3 heterocycles. The fourth-order valence-electron chi connectivity index (χ4n) is 3.00. The third-order valence-electron chi connectivity index (χ3n) is 4.33. The van der Waals surface area contributed by atoms with E-state index < -0.39 is 29.8 Å². The van der Waals surface area contributed by atoms with Gasteiger partial charge in [0.05, 0.1) is 38.1 Å².